The van der Waals surface area contributed by atoms with Crippen molar-refractivity contribution in [1.29, 1.82) is 0 Å². The third kappa shape index (κ3) is 2.79. The number of nitrogens with one attached hydrogen (secondary N) is 1. The molecule has 76 valence electrons. The number of hydrogen-bond acceptors (Lipinski definition) is 3. The molecule has 1 aromatic rings. The monoisotopic (exact) mass is 192 g/mol. The molecule has 0 saturated carbocycles. The molecule has 3 nitrogen and oxygen atoms in total. The molecule has 0 amide bonds. The SMILES string of the molecule is c1ccc(CNC2CCOCC2)nc1. The quantitative estimate of drug-likeness (QED) is 0.785. The Hall–Kier alpha value is -0.930. The van der Waals surface area contributed by atoms with Crippen LogP contribution in [0.25, 0.3) is 0 Å². The first-order valence-corrected chi connectivity index (χ1v) is 5.16. The number of hydrogen-bond donors (Lipinski definition) is 1. The average molecular weight is 192 g/mol. The maximum Gasteiger partial charge on any atom is 0.0541 e. The second-order valence-electron chi connectivity index (χ2n) is 3.59. The summed E-state index contributed by atoms with van der Waals surface area (Å²) in [6.45, 7) is 2.64. The van der Waals surface area contributed by atoms with Crippen LogP contribution in [-0.2, 0) is 11.3 Å². The van der Waals surface area contributed by atoms with Gasteiger partial charge in [-0.3, -0.25) is 4.98 Å². The fraction of sp³-hybridized carbons (Fsp3) is 0.545. The summed E-state index contributed by atoms with van der Waals surface area (Å²) in [5.41, 5.74) is 1.11. The highest BCUT2D eigenvalue weighted by Crippen LogP contribution is 2.06. The maximum absolute atomic E-state index is 5.30. The number of aromatic nitrogens is 1. The van der Waals surface area contributed by atoms with Gasteiger partial charge in [0.15, 0.2) is 0 Å². The van der Waals surface area contributed by atoms with Gasteiger partial charge >= 0.3 is 0 Å². The van der Waals surface area contributed by atoms with Crippen molar-refractivity contribution >= 4 is 0 Å². The molecule has 0 atom stereocenters. The second-order valence-corrected chi connectivity index (χ2v) is 3.59. The minimum Gasteiger partial charge on any atom is -0.381 e. The third-order valence-electron chi connectivity index (χ3n) is 2.52. The molecule has 0 unspecified atom stereocenters. The molecule has 1 fully saturated rings. The topological polar surface area (TPSA) is 34.1 Å². The van der Waals surface area contributed by atoms with Gasteiger partial charge in [-0.2, -0.15) is 0 Å². The zero-order valence-corrected chi connectivity index (χ0v) is 8.28. The highest BCUT2D eigenvalue weighted by Gasteiger charge is 2.12. The molecule has 2 heterocycles. The normalized spacial score (nSPS) is 18.3. The van der Waals surface area contributed by atoms with Crippen molar-refractivity contribution in [3.63, 3.8) is 0 Å². The minimum atomic E-state index is 0.603. The van der Waals surface area contributed by atoms with E-state index in [0.717, 1.165) is 38.3 Å². The van der Waals surface area contributed by atoms with Crippen molar-refractivity contribution in [3.05, 3.63) is 30.1 Å². The van der Waals surface area contributed by atoms with Gasteiger partial charge in [-0.15, -0.1) is 0 Å². The van der Waals surface area contributed by atoms with Gasteiger partial charge in [0.05, 0.1) is 5.69 Å². The Bertz CT molecular complexity index is 257. The van der Waals surface area contributed by atoms with Crippen LogP contribution in [0.15, 0.2) is 24.4 Å². The van der Waals surface area contributed by atoms with Gasteiger partial charge in [-0.05, 0) is 25.0 Å². The summed E-state index contributed by atoms with van der Waals surface area (Å²) in [6, 6.07) is 6.61. The first-order chi connectivity index (χ1) is 6.95. The molecule has 1 N–H and O–H groups in total. The maximum atomic E-state index is 5.30. The second kappa shape index (κ2) is 5.08. The van der Waals surface area contributed by atoms with Crippen LogP contribution in [0.1, 0.15) is 18.5 Å². The van der Waals surface area contributed by atoms with Gasteiger partial charge in [0.2, 0.25) is 0 Å². The molecule has 1 aromatic heterocycles. The predicted molar refractivity (Wildman–Crippen MR) is 54.9 cm³/mol. The third-order valence-corrected chi connectivity index (χ3v) is 2.52. The molecule has 1 aliphatic heterocycles. The van der Waals surface area contributed by atoms with E-state index in [2.05, 4.69) is 10.3 Å². The van der Waals surface area contributed by atoms with Gasteiger partial charge in [-0.25, -0.2) is 0 Å². The lowest BCUT2D eigenvalue weighted by Gasteiger charge is -2.22. The smallest absolute Gasteiger partial charge is 0.0541 e. The largest absolute Gasteiger partial charge is 0.381 e. The summed E-state index contributed by atoms with van der Waals surface area (Å²) in [7, 11) is 0. The van der Waals surface area contributed by atoms with Gasteiger partial charge in [0, 0.05) is 32.0 Å². The molecular weight excluding hydrogens is 176 g/mol. The summed E-state index contributed by atoms with van der Waals surface area (Å²) in [6.07, 6.45) is 4.07. The average Bonchev–Trinajstić information content (AvgIpc) is 2.29. The van der Waals surface area contributed by atoms with Crippen LogP contribution in [-0.4, -0.2) is 24.2 Å². The van der Waals surface area contributed by atoms with Crippen LogP contribution in [0.5, 0.6) is 0 Å². The van der Waals surface area contributed by atoms with Gasteiger partial charge in [-0.1, -0.05) is 6.07 Å². The van der Waals surface area contributed by atoms with Crippen molar-refractivity contribution in [2.45, 2.75) is 25.4 Å². The lowest BCUT2D eigenvalue weighted by molar-refractivity contribution is 0.0775. The Morgan fingerprint density at radius 1 is 1.36 bits per heavy atom. The minimum absolute atomic E-state index is 0.603. The molecule has 14 heavy (non-hydrogen) atoms. The summed E-state index contributed by atoms with van der Waals surface area (Å²) in [4.78, 5) is 4.27. The number of ether oxygens (including phenoxy) is 1. The Kier molecular flexibility index (Phi) is 3.49. The zero-order chi connectivity index (χ0) is 9.64. The Morgan fingerprint density at radius 2 is 2.21 bits per heavy atom. The standard InChI is InChI=1S/C11H16N2O/c1-2-6-12-11(3-1)9-13-10-4-7-14-8-5-10/h1-3,6,10,13H,4-5,7-9H2. The fourth-order valence-electron chi connectivity index (χ4n) is 1.65. The molecule has 0 bridgehead atoms. The molecule has 2 rings (SSSR count). The molecule has 0 spiro atoms. The molecule has 0 aliphatic carbocycles. The molecular formula is C11H16N2O. The van der Waals surface area contributed by atoms with E-state index < -0.39 is 0 Å². The van der Waals surface area contributed by atoms with E-state index in [1.807, 2.05) is 24.4 Å². The van der Waals surface area contributed by atoms with Crippen LogP contribution >= 0.6 is 0 Å². The van der Waals surface area contributed by atoms with Crippen molar-refractivity contribution < 1.29 is 4.74 Å². The van der Waals surface area contributed by atoms with Crippen LogP contribution in [0.2, 0.25) is 0 Å². The van der Waals surface area contributed by atoms with E-state index >= 15 is 0 Å². The lowest BCUT2D eigenvalue weighted by Crippen LogP contribution is -2.34. The molecule has 0 radical (unpaired) electrons. The van der Waals surface area contributed by atoms with Crippen molar-refractivity contribution in [3.8, 4) is 0 Å². The molecule has 1 aliphatic rings. The predicted octanol–water partition coefficient (Wildman–Crippen LogP) is 1.35. The summed E-state index contributed by atoms with van der Waals surface area (Å²) in [5.74, 6) is 0. The van der Waals surface area contributed by atoms with Crippen LogP contribution in [0.3, 0.4) is 0 Å². The Balaban J connectivity index is 1.76. The summed E-state index contributed by atoms with van der Waals surface area (Å²) in [5, 5.41) is 3.50. The first kappa shape index (κ1) is 9.62. The Labute approximate surface area is 84.5 Å². The van der Waals surface area contributed by atoms with Gasteiger partial charge < -0.3 is 10.1 Å². The van der Waals surface area contributed by atoms with Gasteiger partial charge in [0.1, 0.15) is 0 Å². The van der Waals surface area contributed by atoms with Crippen molar-refractivity contribution in [2.24, 2.45) is 0 Å². The zero-order valence-electron chi connectivity index (χ0n) is 8.28. The van der Waals surface area contributed by atoms with Gasteiger partial charge in [0.25, 0.3) is 0 Å². The van der Waals surface area contributed by atoms with Crippen molar-refractivity contribution in [1.82, 2.24) is 10.3 Å². The Morgan fingerprint density at radius 3 is 2.93 bits per heavy atom. The number of rotatable bonds is 3. The van der Waals surface area contributed by atoms with E-state index in [1.165, 1.54) is 0 Å². The van der Waals surface area contributed by atoms with Crippen LogP contribution in [0, 0.1) is 0 Å². The highest BCUT2D eigenvalue weighted by molar-refractivity contribution is 5.03. The van der Waals surface area contributed by atoms with Crippen LogP contribution < -0.4 is 5.32 Å². The molecule has 1 saturated heterocycles. The molecule has 0 aromatic carbocycles. The summed E-state index contributed by atoms with van der Waals surface area (Å²) >= 11 is 0. The van der Waals surface area contributed by atoms with E-state index in [1.54, 1.807) is 0 Å². The van der Waals surface area contributed by atoms with E-state index in [4.69, 9.17) is 4.74 Å². The fourth-order valence-corrected chi connectivity index (χ4v) is 1.65. The first-order valence-electron chi connectivity index (χ1n) is 5.16. The van der Waals surface area contributed by atoms with Crippen LogP contribution in [0.4, 0.5) is 0 Å². The lowest BCUT2D eigenvalue weighted by atomic mass is 10.1. The molecule has 3 heteroatoms. The van der Waals surface area contributed by atoms with E-state index in [0.29, 0.717) is 6.04 Å². The van der Waals surface area contributed by atoms with Crippen molar-refractivity contribution in [2.75, 3.05) is 13.2 Å². The highest BCUT2D eigenvalue weighted by atomic mass is 16.5. The van der Waals surface area contributed by atoms with E-state index in [9.17, 15) is 0 Å². The number of pyridine rings is 1. The number of nitrogens with zero attached hydrogens (tertiary/aromatic N) is 1. The van der Waals surface area contributed by atoms with E-state index in [-0.39, 0.29) is 0 Å². The summed E-state index contributed by atoms with van der Waals surface area (Å²) < 4.78 is 5.30.